The van der Waals surface area contributed by atoms with Crippen LogP contribution in [-0.2, 0) is 11.0 Å². The van der Waals surface area contributed by atoms with Gasteiger partial charge in [-0.1, -0.05) is 19.9 Å². The van der Waals surface area contributed by atoms with E-state index in [9.17, 15) is 22.8 Å². The van der Waals surface area contributed by atoms with Gasteiger partial charge in [-0.25, -0.2) is 4.79 Å². The number of benzene rings is 1. The van der Waals surface area contributed by atoms with Crippen molar-refractivity contribution in [2.24, 2.45) is 5.92 Å². The van der Waals surface area contributed by atoms with Crippen LogP contribution in [0.15, 0.2) is 24.3 Å². The number of carbonyl (C=O) groups is 2. The molecule has 7 heteroatoms. The zero-order valence-corrected chi connectivity index (χ0v) is 11.0. The highest BCUT2D eigenvalue weighted by atomic mass is 19.4. The van der Waals surface area contributed by atoms with E-state index in [0.717, 1.165) is 12.1 Å². The zero-order valence-electron chi connectivity index (χ0n) is 11.0. The predicted molar refractivity (Wildman–Crippen MR) is 68.3 cm³/mol. The maximum Gasteiger partial charge on any atom is 0.416 e. The van der Waals surface area contributed by atoms with E-state index in [-0.39, 0.29) is 23.9 Å². The van der Waals surface area contributed by atoms with Gasteiger partial charge < -0.3 is 10.6 Å². The van der Waals surface area contributed by atoms with Crippen molar-refractivity contribution in [2.75, 3.05) is 11.9 Å². The second-order valence-electron chi connectivity index (χ2n) is 4.51. The summed E-state index contributed by atoms with van der Waals surface area (Å²) in [6, 6.07) is 3.53. The molecular formula is C13H15F3N2O2. The molecule has 0 atom stereocenters. The Morgan fingerprint density at radius 3 is 2.45 bits per heavy atom. The largest absolute Gasteiger partial charge is 0.416 e. The van der Waals surface area contributed by atoms with E-state index >= 15 is 0 Å². The van der Waals surface area contributed by atoms with Crippen LogP contribution < -0.4 is 10.6 Å². The fourth-order valence-electron chi connectivity index (χ4n) is 1.32. The molecule has 0 aromatic heterocycles. The number of nitrogens with one attached hydrogen (secondary N) is 2. The van der Waals surface area contributed by atoms with E-state index in [1.165, 1.54) is 12.1 Å². The van der Waals surface area contributed by atoms with Crippen molar-refractivity contribution in [1.82, 2.24) is 5.32 Å². The summed E-state index contributed by atoms with van der Waals surface area (Å²) in [5.74, 6) is -0.381. The lowest BCUT2D eigenvalue weighted by Crippen LogP contribution is -2.34. The van der Waals surface area contributed by atoms with E-state index in [4.69, 9.17) is 0 Å². The van der Waals surface area contributed by atoms with Gasteiger partial charge in [0.1, 0.15) is 0 Å². The topological polar surface area (TPSA) is 58.2 Å². The van der Waals surface area contributed by atoms with Gasteiger partial charge in [0.05, 0.1) is 12.1 Å². The van der Waals surface area contributed by atoms with Crippen LogP contribution in [0.1, 0.15) is 19.4 Å². The van der Waals surface area contributed by atoms with Crippen LogP contribution in [0.3, 0.4) is 0 Å². The lowest BCUT2D eigenvalue weighted by Gasteiger charge is -2.11. The molecule has 0 fully saturated rings. The highest BCUT2D eigenvalue weighted by Gasteiger charge is 2.30. The number of alkyl halides is 3. The van der Waals surface area contributed by atoms with Crippen molar-refractivity contribution < 1.29 is 22.8 Å². The monoisotopic (exact) mass is 288 g/mol. The fraction of sp³-hybridized carbons (Fsp3) is 0.385. The summed E-state index contributed by atoms with van der Waals surface area (Å²) in [7, 11) is 0. The lowest BCUT2D eigenvalue weighted by molar-refractivity contribution is -0.137. The smallest absolute Gasteiger partial charge is 0.331 e. The molecule has 1 rings (SSSR count). The summed E-state index contributed by atoms with van der Waals surface area (Å²) in [6.45, 7) is 3.21. The van der Waals surface area contributed by atoms with Crippen LogP contribution in [-0.4, -0.2) is 18.4 Å². The maximum atomic E-state index is 12.5. The van der Waals surface area contributed by atoms with Gasteiger partial charge in [0.2, 0.25) is 0 Å². The third kappa shape index (κ3) is 4.91. The highest BCUT2D eigenvalue weighted by molar-refractivity contribution is 5.93. The van der Waals surface area contributed by atoms with E-state index in [2.05, 4.69) is 10.6 Å². The Morgan fingerprint density at radius 2 is 1.90 bits per heavy atom. The molecule has 0 aliphatic carbocycles. The van der Waals surface area contributed by atoms with Gasteiger partial charge in [0, 0.05) is 11.6 Å². The summed E-state index contributed by atoms with van der Waals surface area (Å²) >= 11 is 0. The summed E-state index contributed by atoms with van der Waals surface area (Å²) in [6.07, 6.45) is -4.47. The first-order valence-corrected chi connectivity index (χ1v) is 5.95. The van der Waals surface area contributed by atoms with Crippen molar-refractivity contribution in [3.05, 3.63) is 29.8 Å². The lowest BCUT2D eigenvalue weighted by atomic mass is 10.1. The van der Waals surface area contributed by atoms with Crippen molar-refractivity contribution in [1.29, 1.82) is 0 Å². The van der Waals surface area contributed by atoms with Gasteiger partial charge in [-0.2, -0.15) is 13.2 Å². The number of hydrogen-bond acceptors (Lipinski definition) is 2. The fourth-order valence-corrected chi connectivity index (χ4v) is 1.32. The van der Waals surface area contributed by atoms with Crippen LogP contribution in [0.4, 0.5) is 23.7 Å². The molecule has 0 aliphatic rings. The second kappa shape index (κ2) is 6.40. The minimum atomic E-state index is -4.47. The molecule has 0 bridgehead atoms. The molecule has 20 heavy (non-hydrogen) atoms. The van der Waals surface area contributed by atoms with Gasteiger partial charge in [-0.15, -0.1) is 0 Å². The van der Waals surface area contributed by atoms with Gasteiger partial charge in [0.25, 0.3) is 0 Å². The maximum absolute atomic E-state index is 12.5. The van der Waals surface area contributed by atoms with E-state index in [1.54, 1.807) is 13.8 Å². The van der Waals surface area contributed by atoms with Crippen LogP contribution in [0.25, 0.3) is 0 Å². The first kappa shape index (κ1) is 16.0. The Bertz CT molecular complexity index is 499. The Balaban J connectivity index is 2.61. The average Bonchev–Trinajstić information content (AvgIpc) is 2.35. The van der Waals surface area contributed by atoms with Gasteiger partial charge >= 0.3 is 12.2 Å². The zero-order chi connectivity index (χ0) is 15.3. The Labute approximate surface area is 114 Å². The first-order chi connectivity index (χ1) is 9.20. The van der Waals surface area contributed by atoms with Crippen LogP contribution in [0.2, 0.25) is 0 Å². The molecular weight excluding hydrogens is 273 g/mol. The van der Waals surface area contributed by atoms with Gasteiger partial charge in [0.15, 0.2) is 5.78 Å². The molecule has 2 amide bonds. The van der Waals surface area contributed by atoms with Crippen molar-refractivity contribution in [3.8, 4) is 0 Å². The van der Waals surface area contributed by atoms with Crippen molar-refractivity contribution >= 4 is 17.5 Å². The number of rotatable bonds is 4. The standard InChI is InChI=1S/C13H15F3N2O2/c1-8(2)11(19)7-17-12(20)18-10-5-3-4-9(6-10)13(14,15)16/h3-6,8H,7H2,1-2H3,(H2,17,18,20). The third-order valence-electron chi connectivity index (χ3n) is 2.51. The molecule has 0 saturated carbocycles. The number of urea groups is 1. The van der Waals surface area contributed by atoms with Gasteiger partial charge in [-0.05, 0) is 18.2 Å². The number of hydrogen-bond donors (Lipinski definition) is 2. The summed E-state index contributed by atoms with van der Waals surface area (Å²) in [5, 5.41) is 4.54. The van der Waals surface area contributed by atoms with Gasteiger partial charge in [-0.3, -0.25) is 4.79 Å². The number of halogens is 3. The van der Waals surface area contributed by atoms with Crippen LogP contribution in [0.5, 0.6) is 0 Å². The molecule has 2 N–H and O–H groups in total. The normalized spacial score (nSPS) is 11.3. The van der Waals surface area contributed by atoms with Crippen molar-refractivity contribution in [3.63, 3.8) is 0 Å². The molecule has 0 spiro atoms. The highest BCUT2D eigenvalue weighted by Crippen LogP contribution is 2.30. The molecule has 1 aromatic rings. The number of anilines is 1. The number of carbonyl (C=O) groups excluding carboxylic acids is 2. The minimum absolute atomic E-state index is 0.00863. The summed E-state index contributed by atoms with van der Waals surface area (Å²) in [5.41, 5.74) is -0.845. The molecule has 0 unspecified atom stereocenters. The van der Waals surface area contributed by atoms with E-state index < -0.39 is 17.8 Å². The van der Waals surface area contributed by atoms with E-state index in [1.807, 2.05) is 0 Å². The second-order valence-corrected chi connectivity index (χ2v) is 4.51. The third-order valence-corrected chi connectivity index (χ3v) is 2.51. The molecule has 1 aromatic carbocycles. The molecule has 0 aliphatic heterocycles. The molecule has 110 valence electrons. The molecule has 0 saturated heterocycles. The van der Waals surface area contributed by atoms with Crippen molar-refractivity contribution in [2.45, 2.75) is 20.0 Å². The summed E-state index contributed by atoms with van der Waals surface area (Å²) < 4.78 is 37.4. The minimum Gasteiger partial charge on any atom is -0.331 e. The first-order valence-electron chi connectivity index (χ1n) is 5.95. The molecule has 0 radical (unpaired) electrons. The quantitative estimate of drug-likeness (QED) is 0.894. The predicted octanol–water partition coefficient (Wildman–Crippen LogP) is 3.05. The number of Topliss-reactive ketones (excluding diaryl/α,β-unsaturated/α-hetero) is 1. The van der Waals surface area contributed by atoms with Crippen LogP contribution in [0, 0.1) is 5.92 Å². The van der Waals surface area contributed by atoms with Crippen LogP contribution >= 0.6 is 0 Å². The average molecular weight is 288 g/mol. The SMILES string of the molecule is CC(C)C(=O)CNC(=O)Nc1cccc(C(F)(F)F)c1. The Hall–Kier alpha value is -2.05. The van der Waals surface area contributed by atoms with E-state index in [0.29, 0.717) is 0 Å². The Morgan fingerprint density at radius 1 is 1.25 bits per heavy atom. The Kier molecular flexibility index (Phi) is 5.12. The number of ketones is 1. The summed E-state index contributed by atoms with van der Waals surface area (Å²) in [4.78, 5) is 22.7. The molecule has 4 nitrogen and oxygen atoms in total. The molecule has 0 heterocycles. The number of amides is 2.